The number of nitrogens with one attached hydrogen (secondary N) is 1. The standard InChI is InChI=1S/C24H33FN4O3/c1-15(2)32-22(30)18-13-29(23(31)28-10-8-27(5)9-11-28)14-24(3,4)20-17-12-16(25)6-7-19(17)26-21(18)20/h6-7,12-13,15,20-21,26H,8-11,14H2,1-5H3. The van der Waals surface area contributed by atoms with Crippen LogP contribution in [0, 0.1) is 11.2 Å². The van der Waals surface area contributed by atoms with Gasteiger partial charge in [0.2, 0.25) is 0 Å². The summed E-state index contributed by atoms with van der Waals surface area (Å²) in [6.45, 7) is 11.1. The van der Waals surface area contributed by atoms with Crippen molar-refractivity contribution in [2.75, 3.05) is 45.1 Å². The Morgan fingerprint density at radius 1 is 1.19 bits per heavy atom. The second kappa shape index (κ2) is 8.39. The van der Waals surface area contributed by atoms with Crippen LogP contribution in [0.25, 0.3) is 0 Å². The minimum Gasteiger partial charge on any atom is -0.460 e. The van der Waals surface area contributed by atoms with Crippen molar-refractivity contribution < 1.29 is 18.7 Å². The molecule has 0 saturated carbocycles. The van der Waals surface area contributed by atoms with Crippen LogP contribution in [-0.4, -0.2) is 78.6 Å². The first-order valence-corrected chi connectivity index (χ1v) is 11.3. The number of nitrogens with zero attached hydrogens (tertiary/aromatic N) is 3. The number of carbonyl (C=O) groups is 2. The Balaban J connectivity index is 1.73. The van der Waals surface area contributed by atoms with Crippen molar-refractivity contribution in [1.82, 2.24) is 14.7 Å². The average molecular weight is 445 g/mol. The molecule has 1 fully saturated rings. The van der Waals surface area contributed by atoms with E-state index in [2.05, 4.69) is 24.1 Å². The van der Waals surface area contributed by atoms with Gasteiger partial charge in [-0.1, -0.05) is 13.8 Å². The molecule has 3 heterocycles. The van der Waals surface area contributed by atoms with Gasteiger partial charge in [0.15, 0.2) is 0 Å². The molecule has 4 rings (SSSR count). The zero-order valence-corrected chi connectivity index (χ0v) is 19.5. The largest absolute Gasteiger partial charge is 0.460 e. The fraction of sp³-hybridized carbons (Fsp3) is 0.583. The van der Waals surface area contributed by atoms with E-state index in [1.165, 1.54) is 12.1 Å². The number of esters is 1. The third-order valence-electron chi connectivity index (χ3n) is 6.64. The first kappa shape index (κ1) is 22.6. The molecule has 8 heteroatoms. The van der Waals surface area contributed by atoms with E-state index in [-0.39, 0.29) is 23.9 Å². The highest BCUT2D eigenvalue weighted by atomic mass is 19.1. The Morgan fingerprint density at radius 3 is 2.53 bits per heavy atom. The topological polar surface area (TPSA) is 65.1 Å². The predicted octanol–water partition coefficient (Wildman–Crippen LogP) is 3.25. The van der Waals surface area contributed by atoms with Crippen molar-refractivity contribution in [3.63, 3.8) is 0 Å². The number of anilines is 1. The van der Waals surface area contributed by atoms with E-state index in [1.54, 1.807) is 31.0 Å². The SMILES string of the molecule is CC(C)OC(=O)C1=CN(C(=O)N2CCN(C)CC2)CC(C)(C)C2c3cc(F)ccc3NC12. The zero-order valence-electron chi connectivity index (χ0n) is 19.5. The third-order valence-corrected chi connectivity index (χ3v) is 6.64. The van der Waals surface area contributed by atoms with E-state index in [1.807, 2.05) is 11.9 Å². The van der Waals surface area contributed by atoms with Crippen molar-refractivity contribution in [3.8, 4) is 0 Å². The maximum Gasteiger partial charge on any atom is 0.337 e. The molecule has 3 aliphatic heterocycles. The van der Waals surface area contributed by atoms with Crippen molar-refractivity contribution in [2.45, 2.75) is 45.8 Å². The molecule has 0 aromatic heterocycles. The molecule has 1 saturated heterocycles. The van der Waals surface area contributed by atoms with Gasteiger partial charge in [0.1, 0.15) is 5.82 Å². The third kappa shape index (κ3) is 4.20. The minimum absolute atomic E-state index is 0.111. The minimum atomic E-state index is -0.454. The predicted molar refractivity (Wildman–Crippen MR) is 121 cm³/mol. The molecule has 2 amide bonds. The van der Waals surface area contributed by atoms with Crippen LogP contribution < -0.4 is 5.32 Å². The van der Waals surface area contributed by atoms with Gasteiger partial charge in [0, 0.05) is 50.5 Å². The van der Waals surface area contributed by atoms with Crippen LogP contribution in [0.3, 0.4) is 0 Å². The fourth-order valence-electron chi connectivity index (χ4n) is 5.08. The van der Waals surface area contributed by atoms with E-state index in [0.29, 0.717) is 25.2 Å². The van der Waals surface area contributed by atoms with Gasteiger partial charge in [-0.25, -0.2) is 14.0 Å². The van der Waals surface area contributed by atoms with Gasteiger partial charge in [0.05, 0.1) is 17.7 Å². The maximum absolute atomic E-state index is 14.2. The molecule has 0 aliphatic carbocycles. The monoisotopic (exact) mass is 444 g/mol. The normalized spacial score (nSPS) is 24.9. The number of likely N-dealkylation sites (N-methyl/N-ethyl adjacent to an activating group) is 1. The lowest BCUT2D eigenvalue weighted by molar-refractivity contribution is -0.143. The van der Waals surface area contributed by atoms with Crippen LogP contribution in [0.1, 0.15) is 39.2 Å². The number of hydrogen-bond donors (Lipinski definition) is 1. The maximum atomic E-state index is 14.2. The van der Waals surface area contributed by atoms with Crippen molar-refractivity contribution in [2.24, 2.45) is 5.41 Å². The molecule has 0 bridgehead atoms. The van der Waals surface area contributed by atoms with Gasteiger partial charge < -0.3 is 19.9 Å². The van der Waals surface area contributed by atoms with Crippen LogP contribution in [-0.2, 0) is 9.53 Å². The molecule has 1 aromatic carbocycles. The number of fused-ring (bicyclic) bond motifs is 3. The summed E-state index contributed by atoms with van der Waals surface area (Å²) < 4.78 is 19.7. The summed E-state index contributed by atoms with van der Waals surface area (Å²) >= 11 is 0. The molecule has 1 N–H and O–H groups in total. The Hall–Kier alpha value is -2.61. The van der Waals surface area contributed by atoms with E-state index >= 15 is 0 Å². The number of ether oxygens (including phenoxy) is 1. The van der Waals surface area contributed by atoms with E-state index in [4.69, 9.17) is 4.74 Å². The summed E-state index contributed by atoms with van der Waals surface area (Å²) in [5.74, 6) is -0.957. The van der Waals surface area contributed by atoms with Gasteiger partial charge in [-0.05, 0) is 50.1 Å². The number of amides is 2. The lowest BCUT2D eigenvalue weighted by atomic mass is 9.71. The molecule has 3 aliphatic rings. The molecule has 2 unspecified atom stereocenters. The van der Waals surface area contributed by atoms with E-state index < -0.39 is 17.4 Å². The molecule has 0 spiro atoms. The molecule has 7 nitrogen and oxygen atoms in total. The summed E-state index contributed by atoms with van der Waals surface area (Å²) in [5, 5.41) is 3.41. The highest BCUT2D eigenvalue weighted by Gasteiger charge is 2.49. The quantitative estimate of drug-likeness (QED) is 0.710. The first-order chi connectivity index (χ1) is 15.1. The summed E-state index contributed by atoms with van der Waals surface area (Å²) in [6, 6.07) is 4.16. The van der Waals surface area contributed by atoms with Crippen molar-refractivity contribution >= 4 is 17.7 Å². The van der Waals surface area contributed by atoms with Crippen LogP contribution in [0.15, 0.2) is 30.0 Å². The van der Waals surface area contributed by atoms with Crippen molar-refractivity contribution in [1.29, 1.82) is 0 Å². The summed E-state index contributed by atoms with van der Waals surface area (Å²) in [7, 11) is 2.04. The lowest BCUT2D eigenvalue weighted by Crippen LogP contribution is -2.52. The number of hydrogen-bond acceptors (Lipinski definition) is 5. The fourth-order valence-corrected chi connectivity index (χ4v) is 5.08. The molecular formula is C24H33FN4O3. The lowest BCUT2D eigenvalue weighted by Gasteiger charge is -2.39. The molecule has 1 aromatic rings. The molecule has 0 radical (unpaired) electrons. The van der Waals surface area contributed by atoms with Crippen LogP contribution in [0.2, 0.25) is 0 Å². The Morgan fingerprint density at radius 2 is 1.88 bits per heavy atom. The van der Waals surface area contributed by atoms with Gasteiger partial charge in [-0.15, -0.1) is 0 Å². The molecule has 2 atom stereocenters. The highest BCUT2D eigenvalue weighted by Crippen LogP contribution is 2.51. The molecule has 174 valence electrons. The van der Waals surface area contributed by atoms with Crippen LogP contribution >= 0.6 is 0 Å². The Kier molecular flexibility index (Phi) is 5.92. The summed E-state index contributed by atoms with van der Waals surface area (Å²) in [5.41, 5.74) is 1.62. The van der Waals surface area contributed by atoms with E-state index in [9.17, 15) is 14.0 Å². The first-order valence-electron chi connectivity index (χ1n) is 11.3. The number of halogens is 1. The van der Waals surface area contributed by atoms with Crippen molar-refractivity contribution in [3.05, 3.63) is 41.4 Å². The number of urea groups is 1. The number of benzene rings is 1. The number of rotatable bonds is 2. The second-order valence-corrected chi connectivity index (χ2v) is 10.1. The van der Waals surface area contributed by atoms with Crippen LogP contribution in [0.5, 0.6) is 0 Å². The smallest absolute Gasteiger partial charge is 0.337 e. The van der Waals surface area contributed by atoms with Crippen LogP contribution in [0.4, 0.5) is 14.9 Å². The Bertz CT molecular complexity index is 937. The highest BCUT2D eigenvalue weighted by molar-refractivity contribution is 5.93. The average Bonchev–Trinajstić information content (AvgIpc) is 3.04. The number of piperazine rings is 1. The summed E-state index contributed by atoms with van der Waals surface area (Å²) in [4.78, 5) is 32.3. The molecular weight excluding hydrogens is 411 g/mol. The number of carbonyl (C=O) groups excluding carboxylic acids is 2. The zero-order chi connectivity index (χ0) is 23.2. The van der Waals surface area contributed by atoms with Gasteiger partial charge in [-0.3, -0.25) is 4.90 Å². The Labute approximate surface area is 189 Å². The summed E-state index contributed by atoms with van der Waals surface area (Å²) in [6.07, 6.45) is 1.37. The van der Waals surface area contributed by atoms with Gasteiger partial charge in [-0.2, -0.15) is 0 Å². The van der Waals surface area contributed by atoms with E-state index in [0.717, 1.165) is 24.3 Å². The second-order valence-electron chi connectivity index (χ2n) is 10.1. The molecule has 32 heavy (non-hydrogen) atoms. The van der Waals surface area contributed by atoms with Gasteiger partial charge >= 0.3 is 12.0 Å². The van der Waals surface area contributed by atoms with Gasteiger partial charge in [0.25, 0.3) is 0 Å².